The minimum atomic E-state index is 0.247. The van der Waals surface area contributed by atoms with Gasteiger partial charge in [-0.3, -0.25) is 0 Å². The Morgan fingerprint density at radius 2 is 1.89 bits per heavy atom. The predicted molar refractivity (Wildman–Crippen MR) is 78.0 cm³/mol. The Hall–Kier alpha value is -1.25. The van der Waals surface area contributed by atoms with Gasteiger partial charge in [0.25, 0.3) is 0 Å². The van der Waals surface area contributed by atoms with E-state index in [9.17, 15) is 0 Å². The molecule has 1 saturated heterocycles. The van der Waals surface area contributed by atoms with Crippen molar-refractivity contribution in [1.82, 2.24) is 0 Å². The first kappa shape index (κ1) is 12.8. The molecule has 0 aromatic heterocycles. The zero-order valence-electron chi connectivity index (χ0n) is 10.8. The van der Waals surface area contributed by atoms with Gasteiger partial charge in [-0.2, -0.15) is 0 Å². The molecule has 0 amide bonds. The summed E-state index contributed by atoms with van der Waals surface area (Å²) in [6.45, 7) is 1.57. The monoisotopic (exact) mass is 276 g/mol. The number of rotatable bonds is 3. The molecule has 2 aromatic carbocycles. The van der Waals surface area contributed by atoms with Gasteiger partial charge in [0.2, 0.25) is 0 Å². The van der Waals surface area contributed by atoms with Crippen LogP contribution in [0.25, 0.3) is 10.8 Å². The van der Waals surface area contributed by atoms with Gasteiger partial charge < -0.3 is 9.47 Å². The summed E-state index contributed by atoms with van der Waals surface area (Å²) in [4.78, 5) is 0. The van der Waals surface area contributed by atoms with Gasteiger partial charge in [-0.05, 0) is 16.8 Å². The van der Waals surface area contributed by atoms with E-state index in [1.54, 1.807) is 0 Å². The topological polar surface area (TPSA) is 18.5 Å². The fraction of sp³-hybridized carbons (Fsp3) is 0.375. The van der Waals surface area contributed by atoms with E-state index in [4.69, 9.17) is 21.1 Å². The summed E-state index contributed by atoms with van der Waals surface area (Å²) in [5.41, 5.74) is 1.09. The lowest BCUT2D eigenvalue weighted by Crippen LogP contribution is -2.26. The van der Waals surface area contributed by atoms with E-state index in [1.165, 1.54) is 10.8 Å². The lowest BCUT2D eigenvalue weighted by molar-refractivity contribution is 0.0253. The number of benzene rings is 2. The maximum Gasteiger partial charge on any atom is 0.124 e. The Kier molecular flexibility index (Phi) is 3.90. The van der Waals surface area contributed by atoms with Crippen molar-refractivity contribution in [2.24, 2.45) is 0 Å². The van der Waals surface area contributed by atoms with Crippen LogP contribution >= 0.6 is 11.6 Å². The second kappa shape index (κ2) is 5.81. The zero-order chi connectivity index (χ0) is 13.1. The molecule has 0 N–H and O–H groups in total. The quantitative estimate of drug-likeness (QED) is 0.785. The summed E-state index contributed by atoms with van der Waals surface area (Å²) < 4.78 is 11.5. The molecule has 1 aliphatic heterocycles. The third-order valence-electron chi connectivity index (χ3n) is 3.59. The largest absolute Gasteiger partial charge is 0.490 e. The summed E-state index contributed by atoms with van der Waals surface area (Å²) in [5, 5.41) is 2.39. The first-order chi connectivity index (χ1) is 9.38. The molecule has 0 radical (unpaired) electrons. The van der Waals surface area contributed by atoms with Crippen LogP contribution < -0.4 is 4.74 Å². The smallest absolute Gasteiger partial charge is 0.124 e. The SMILES string of the molecule is ClCc1c(OC2CCOCC2)ccc2ccccc12. The maximum absolute atomic E-state index is 6.12. The van der Waals surface area contributed by atoms with Gasteiger partial charge in [0.1, 0.15) is 11.9 Å². The number of hydrogen-bond donors (Lipinski definition) is 0. The summed E-state index contributed by atoms with van der Waals surface area (Å²) >= 11 is 6.12. The predicted octanol–water partition coefficient (Wildman–Crippen LogP) is 4.14. The van der Waals surface area contributed by atoms with Crippen molar-refractivity contribution in [3.63, 3.8) is 0 Å². The normalized spacial score (nSPS) is 16.7. The first-order valence-corrected chi connectivity index (χ1v) is 7.23. The Bertz CT molecular complexity index is 562. The molecule has 2 aromatic rings. The molecule has 3 rings (SSSR count). The summed E-state index contributed by atoms with van der Waals surface area (Å²) in [5.74, 6) is 1.39. The van der Waals surface area contributed by atoms with Crippen molar-refractivity contribution < 1.29 is 9.47 Å². The molecular weight excluding hydrogens is 260 g/mol. The highest BCUT2D eigenvalue weighted by Gasteiger charge is 2.17. The van der Waals surface area contributed by atoms with Crippen molar-refractivity contribution in [3.05, 3.63) is 42.0 Å². The number of fused-ring (bicyclic) bond motifs is 1. The summed E-state index contributed by atoms with van der Waals surface area (Å²) in [6.07, 6.45) is 2.15. The Labute approximate surface area is 118 Å². The van der Waals surface area contributed by atoms with E-state index in [-0.39, 0.29) is 6.10 Å². The second-order valence-corrected chi connectivity index (χ2v) is 5.09. The molecule has 0 atom stereocenters. The minimum absolute atomic E-state index is 0.247. The zero-order valence-corrected chi connectivity index (χ0v) is 11.5. The lowest BCUT2D eigenvalue weighted by Gasteiger charge is -2.24. The molecule has 2 nitrogen and oxygen atoms in total. The van der Waals surface area contributed by atoms with Gasteiger partial charge in [-0.25, -0.2) is 0 Å². The lowest BCUT2D eigenvalue weighted by atomic mass is 10.0. The molecule has 3 heteroatoms. The van der Waals surface area contributed by atoms with Gasteiger partial charge in [-0.15, -0.1) is 11.6 Å². The summed E-state index contributed by atoms with van der Waals surface area (Å²) in [6, 6.07) is 12.4. The van der Waals surface area contributed by atoms with Gasteiger partial charge in [0, 0.05) is 18.4 Å². The van der Waals surface area contributed by atoms with Gasteiger partial charge in [-0.1, -0.05) is 30.3 Å². The molecule has 1 fully saturated rings. The van der Waals surface area contributed by atoms with Crippen LogP contribution in [0.15, 0.2) is 36.4 Å². The van der Waals surface area contributed by atoms with E-state index in [2.05, 4.69) is 18.2 Å². The molecule has 100 valence electrons. The van der Waals surface area contributed by atoms with E-state index in [1.807, 2.05) is 18.2 Å². The molecule has 0 saturated carbocycles. The van der Waals surface area contributed by atoms with E-state index >= 15 is 0 Å². The van der Waals surface area contributed by atoms with Crippen LogP contribution in [0.3, 0.4) is 0 Å². The maximum atomic E-state index is 6.12. The summed E-state index contributed by atoms with van der Waals surface area (Å²) in [7, 11) is 0. The average molecular weight is 277 g/mol. The van der Waals surface area contributed by atoms with Crippen molar-refractivity contribution >= 4 is 22.4 Å². The molecule has 1 heterocycles. The molecule has 0 unspecified atom stereocenters. The Balaban J connectivity index is 1.93. The van der Waals surface area contributed by atoms with Crippen LogP contribution in [0.5, 0.6) is 5.75 Å². The van der Waals surface area contributed by atoms with Crippen LogP contribution in [-0.2, 0) is 10.6 Å². The second-order valence-electron chi connectivity index (χ2n) is 4.83. The van der Waals surface area contributed by atoms with Gasteiger partial charge in [0.15, 0.2) is 0 Å². The number of alkyl halides is 1. The van der Waals surface area contributed by atoms with E-state index in [0.717, 1.165) is 37.4 Å². The van der Waals surface area contributed by atoms with E-state index in [0.29, 0.717) is 5.88 Å². The number of ether oxygens (including phenoxy) is 2. The standard InChI is InChI=1S/C16H17ClO2/c17-11-15-14-4-2-1-3-12(14)5-6-16(15)19-13-7-9-18-10-8-13/h1-6,13H,7-11H2. The van der Waals surface area contributed by atoms with Crippen LogP contribution in [0.4, 0.5) is 0 Å². The average Bonchev–Trinajstić information content (AvgIpc) is 2.48. The molecular formula is C16H17ClO2. The van der Waals surface area contributed by atoms with Crippen LogP contribution in [0.2, 0.25) is 0 Å². The highest BCUT2D eigenvalue weighted by atomic mass is 35.5. The van der Waals surface area contributed by atoms with Crippen LogP contribution in [0, 0.1) is 0 Å². The Morgan fingerprint density at radius 3 is 2.68 bits per heavy atom. The van der Waals surface area contributed by atoms with Crippen molar-refractivity contribution in [2.45, 2.75) is 24.8 Å². The third-order valence-corrected chi connectivity index (χ3v) is 3.86. The fourth-order valence-corrected chi connectivity index (χ4v) is 2.81. The molecule has 0 spiro atoms. The molecule has 19 heavy (non-hydrogen) atoms. The van der Waals surface area contributed by atoms with Gasteiger partial charge >= 0.3 is 0 Å². The number of hydrogen-bond acceptors (Lipinski definition) is 2. The fourth-order valence-electron chi connectivity index (χ4n) is 2.54. The van der Waals surface area contributed by atoms with Crippen molar-refractivity contribution in [3.8, 4) is 5.75 Å². The third kappa shape index (κ3) is 2.70. The van der Waals surface area contributed by atoms with E-state index < -0.39 is 0 Å². The van der Waals surface area contributed by atoms with Crippen molar-refractivity contribution in [1.29, 1.82) is 0 Å². The highest BCUT2D eigenvalue weighted by molar-refractivity contribution is 6.18. The minimum Gasteiger partial charge on any atom is -0.490 e. The van der Waals surface area contributed by atoms with Crippen molar-refractivity contribution in [2.75, 3.05) is 13.2 Å². The first-order valence-electron chi connectivity index (χ1n) is 6.69. The highest BCUT2D eigenvalue weighted by Crippen LogP contribution is 2.31. The Morgan fingerprint density at radius 1 is 1.11 bits per heavy atom. The molecule has 1 aliphatic rings. The van der Waals surface area contributed by atoms with Crippen LogP contribution in [-0.4, -0.2) is 19.3 Å². The molecule has 0 bridgehead atoms. The number of halogens is 1. The van der Waals surface area contributed by atoms with Crippen LogP contribution in [0.1, 0.15) is 18.4 Å². The van der Waals surface area contributed by atoms with Gasteiger partial charge in [0.05, 0.1) is 19.1 Å². The molecule has 0 aliphatic carbocycles.